The van der Waals surface area contributed by atoms with E-state index in [4.69, 9.17) is 9.97 Å². The van der Waals surface area contributed by atoms with Crippen LogP contribution in [0.4, 0.5) is 0 Å². The second-order valence-corrected chi connectivity index (χ2v) is 9.34. The van der Waals surface area contributed by atoms with Crippen molar-refractivity contribution in [1.82, 2.24) is 19.8 Å². The highest BCUT2D eigenvalue weighted by Gasteiger charge is 2.30. The number of piperidine rings is 1. The fraction of sp³-hybridized carbons (Fsp3) is 0.538. The predicted octanol–water partition coefficient (Wildman–Crippen LogP) is 3.52. The third-order valence-corrected chi connectivity index (χ3v) is 6.86. The Morgan fingerprint density at radius 1 is 0.844 bits per heavy atom. The molecule has 2 aromatic rings. The normalized spacial score (nSPS) is 18.8. The molecule has 6 nitrogen and oxygen atoms in total. The van der Waals surface area contributed by atoms with Gasteiger partial charge in [-0.2, -0.15) is 0 Å². The van der Waals surface area contributed by atoms with Gasteiger partial charge in [0.15, 0.2) is 0 Å². The molecule has 2 aliphatic heterocycles. The molecule has 1 aromatic carbocycles. The maximum Gasteiger partial charge on any atom is 0.227 e. The lowest BCUT2D eigenvalue weighted by atomic mass is 10.0. The Bertz CT molecular complexity index is 957. The number of rotatable bonds is 5. The summed E-state index contributed by atoms with van der Waals surface area (Å²) in [5.41, 5.74) is 4.99. The number of likely N-dealkylation sites (tertiary alicyclic amines) is 2. The van der Waals surface area contributed by atoms with Crippen LogP contribution in [0.5, 0.6) is 0 Å². The lowest BCUT2D eigenvalue weighted by molar-refractivity contribution is -0.131. The van der Waals surface area contributed by atoms with E-state index in [1.165, 1.54) is 12.0 Å². The molecule has 1 aromatic heterocycles. The molecule has 0 radical (unpaired) electrons. The van der Waals surface area contributed by atoms with E-state index in [2.05, 4.69) is 6.92 Å². The van der Waals surface area contributed by atoms with Crippen molar-refractivity contribution >= 4 is 11.8 Å². The summed E-state index contributed by atoms with van der Waals surface area (Å²) in [6, 6.07) is 8.15. The van der Waals surface area contributed by atoms with Crippen molar-refractivity contribution in [3.8, 4) is 0 Å². The summed E-state index contributed by atoms with van der Waals surface area (Å²) in [6.07, 6.45) is 5.10. The quantitative estimate of drug-likeness (QED) is 0.722. The Labute approximate surface area is 191 Å². The number of nitrogens with zero attached hydrogens (tertiary/aromatic N) is 4. The predicted molar refractivity (Wildman–Crippen MR) is 124 cm³/mol. The first-order chi connectivity index (χ1) is 15.4. The molecule has 2 saturated heterocycles. The van der Waals surface area contributed by atoms with Crippen LogP contribution in [-0.4, -0.2) is 57.8 Å². The first kappa shape index (κ1) is 22.4. The second-order valence-electron chi connectivity index (χ2n) is 9.34. The number of carbonyl (C=O) groups is 2. The van der Waals surface area contributed by atoms with E-state index < -0.39 is 0 Å². The molecule has 0 spiro atoms. The molecule has 0 unspecified atom stereocenters. The highest BCUT2D eigenvalue weighted by molar-refractivity contribution is 5.80. The van der Waals surface area contributed by atoms with Gasteiger partial charge in [0.05, 0.1) is 12.8 Å². The number of hydrogen-bond acceptors (Lipinski definition) is 4. The standard InChI is InChI=1S/C26H34N4O2/c1-18-7-9-21(10-8-18)15-24(31)30-14-11-22(17-30)26-27-19(2)23(20(3)28-26)16-25(32)29-12-5-4-6-13-29/h7-10,22H,4-6,11-17H2,1-3H3/t22-/m0/s1. The van der Waals surface area contributed by atoms with E-state index in [0.717, 1.165) is 67.2 Å². The fourth-order valence-corrected chi connectivity index (χ4v) is 4.80. The highest BCUT2D eigenvalue weighted by atomic mass is 16.2. The highest BCUT2D eigenvalue weighted by Crippen LogP contribution is 2.27. The maximum absolute atomic E-state index is 12.8. The molecule has 1 atom stereocenters. The van der Waals surface area contributed by atoms with Crippen molar-refractivity contribution in [3.63, 3.8) is 0 Å². The van der Waals surface area contributed by atoms with Crippen LogP contribution in [0, 0.1) is 20.8 Å². The molecule has 3 heterocycles. The summed E-state index contributed by atoms with van der Waals surface area (Å²) in [7, 11) is 0. The van der Waals surface area contributed by atoms with Crippen molar-refractivity contribution in [3.05, 3.63) is 58.2 Å². The van der Waals surface area contributed by atoms with Crippen LogP contribution in [0.1, 0.15) is 65.5 Å². The molecule has 0 saturated carbocycles. The Kier molecular flexibility index (Phi) is 6.87. The van der Waals surface area contributed by atoms with Crippen LogP contribution in [0.15, 0.2) is 24.3 Å². The molecular formula is C26H34N4O2. The van der Waals surface area contributed by atoms with Gasteiger partial charge in [-0.1, -0.05) is 29.8 Å². The van der Waals surface area contributed by atoms with Gasteiger partial charge in [0.2, 0.25) is 11.8 Å². The maximum atomic E-state index is 12.8. The molecule has 4 rings (SSSR count). The number of hydrogen-bond donors (Lipinski definition) is 0. The molecule has 0 N–H and O–H groups in total. The van der Waals surface area contributed by atoms with Crippen molar-refractivity contribution in [2.45, 2.75) is 65.2 Å². The first-order valence-corrected chi connectivity index (χ1v) is 11.9. The van der Waals surface area contributed by atoms with Crippen LogP contribution in [0.3, 0.4) is 0 Å². The third kappa shape index (κ3) is 5.17. The average molecular weight is 435 g/mol. The van der Waals surface area contributed by atoms with Gasteiger partial charge in [0.1, 0.15) is 5.82 Å². The number of benzene rings is 1. The van der Waals surface area contributed by atoms with Crippen LogP contribution < -0.4 is 0 Å². The fourth-order valence-electron chi connectivity index (χ4n) is 4.80. The van der Waals surface area contributed by atoms with E-state index in [-0.39, 0.29) is 17.7 Å². The Morgan fingerprint density at radius 3 is 2.12 bits per heavy atom. The van der Waals surface area contributed by atoms with Crippen LogP contribution >= 0.6 is 0 Å². The molecule has 0 aliphatic carbocycles. The van der Waals surface area contributed by atoms with Crippen molar-refractivity contribution < 1.29 is 9.59 Å². The van der Waals surface area contributed by atoms with Gasteiger partial charge in [-0.15, -0.1) is 0 Å². The topological polar surface area (TPSA) is 66.4 Å². The van der Waals surface area contributed by atoms with Gasteiger partial charge in [0.25, 0.3) is 0 Å². The summed E-state index contributed by atoms with van der Waals surface area (Å²) in [5, 5.41) is 0. The lowest BCUT2D eigenvalue weighted by Gasteiger charge is -2.27. The van der Waals surface area contributed by atoms with Crippen LogP contribution in [0.2, 0.25) is 0 Å². The van der Waals surface area contributed by atoms with Crippen molar-refractivity contribution in [2.75, 3.05) is 26.2 Å². The molecule has 32 heavy (non-hydrogen) atoms. The lowest BCUT2D eigenvalue weighted by Crippen LogP contribution is -2.37. The Balaban J connectivity index is 1.39. The number of aryl methyl sites for hydroxylation is 3. The molecule has 2 fully saturated rings. The number of carbonyl (C=O) groups excluding carboxylic acids is 2. The Morgan fingerprint density at radius 2 is 1.47 bits per heavy atom. The van der Waals surface area contributed by atoms with Gasteiger partial charge in [-0.05, 0) is 52.0 Å². The minimum atomic E-state index is 0.154. The third-order valence-electron chi connectivity index (χ3n) is 6.86. The van der Waals surface area contributed by atoms with E-state index in [1.54, 1.807) is 0 Å². The SMILES string of the molecule is Cc1ccc(CC(=O)N2CC[C@H](c3nc(C)c(CC(=O)N4CCCCC4)c(C)n3)C2)cc1. The monoisotopic (exact) mass is 434 g/mol. The minimum absolute atomic E-state index is 0.154. The summed E-state index contributed by atoms with van der Waals surface area (Å²) < 4.78 is 0. The number of amides is 2. The van der Waals surface area contributed by atoms with Gasteiger partial charge in [0, 0.05) is 49.0 Å². The van der Waals surface area contributed by atoms with Crippen molar-refractivity contribution in [2.24, 2.45) is 0 Å². The van der Waals surface area contributed by atoms with E-state index in [1.807, 2.05) is 47.9 Å². The summed E-state index contributed by atoms with van der Waals surface area (Å²) in [4.78, 5) is 39.0. The minimum Gasteiger partial charge on any atom is -0.342 e. The average Bonchev–Trinajstić information content (AvgIpc) is 3.29. The van der Waals surface area contributed by atoms with Gasteiger partial charge in [-0.25, -0.2) is 9.97 Å². The zero-order chi connectivity index (χ0) is 22.7. The van der Waals surface area contributed by atoms with E-state index in [9.17, 15) is 9.59 Å². The molecular weight excluding hydrogens is 400 g/mol. The summed E-state index contributed by atoms with van der Waals surface area (Å²) in [5.74, 6) is 1.30. The van der Waals surface area contributed by atoms with Gasteiger partial charge in [-0.3, -0.25) is 9.59 Å². The molecule has 2 aliphatic rings. The number of aromatic nitrogens is 2. The Hall–Kier alpha value is -2.76. The van der Waals surface area contributed by atoms with Gasteiger partial charge < -0.3 is 9.80 Å². The van der Waals surface area contributed by atoms with Gasteiger partial charge >= 0.3 is 0 Å². The summed E-state index contributed by atoms with van der Waals surface area (Å²) in [6.45, 7) is 9.14. The zero-order valence-corrected chi connectivity index (χ0v) is 19.6. The van der Waals surface area contributed by atoms with E-state index >= 15 is 0 Å². The van der Waals surface area contributed by atoms with Crippen LogP contribution in [-0.2, 0) is 22.4 Å². The van der Waals surface area contributed by atoms with E-state index in [0.29, 0.717) is 19.4 Å². The largest absolute Gasteiger partial charge is 0.342 e. The molecule has 170 valence electrons. The molecule has 6 heteroatoms. The first-order valence-electron chi connectivity index (χ1n) is 11.9. The zero-order valence-electron chi connectivity index (χ0n) is 19.6. The summed E-state index contributed by atoms with van der Waals surface area (Å²) >= 11 is 0. The molecule has 2 amide bonds. The smallest absolute Gasteiger partial charge is 0.227 e. The van der Waals surface area contributed by atoms with Crippen molar-refractivity contribution in [1.29, 1.82) is 0 Å². The molecule has 0 bridgehead atoms. The van der Waals surface area contributed by atoms with Crippen LogP contribution in [0.25, 0.3) is 0 Å². The second kappa shape index (κ2) is 9.80.